The van der Waals surface area contributed by atoms with Gasteiger partial charge in [0.25, 0.3) is 0 Å². The molecule has 0 aliphatic heterocycles. The molecule has 122 valence electrons. The molecule has 0 unspecified atom stereocenters. The minimum Gasteiger partial charge on any atom is -0.496 e. The second-order valence-electron chi connectivity index (χ2n) is 7.61. The van der Waals surface area contributed by atoms with E-state index in [0.29, 0.717) is 5.92 Å². The van der Waals surface area contributed by atoms with Crippen LogP contribution in [0.25, 0.3) is 0 Å². The Hall–Kier alpha value is -1.02. The topological polar surface area (TPSA) is 35.2 Å². The summed E-state index contributed by atoms with van der Waals surface area (Å²) in [5.41, 5.74) is 9.31. The molecule has 0 saturated heterocycles. The number of rotatable bonds is 4. The van der Waals surface area contributed by atoms with Gasteiger partial charge in [-0.1, -0.05) is 44.7 Å². The second-order valence-corrected chi connectivity index (χ2v) is 7.61. The van der Waals surface area contributed by atoms with Gasteiger partial charge in [0.1, 0.15) is 5.75 Å². The Morgan fingerprint density at radius 1 is 1.14 bits per heavy atom. The van der Waals surface area contributed by atoms with Gasteiger partial charge in [-0.15, -0.1) is 0 Å². The molecule has 2 aliphatic carbocycles. The molecule has 2 saturated carbocycles. The van der Waals surface area contributed by atoms with E-state index in [1.807, 2.05) is 0 Å². The molecule has 1 aromatic carbocycles. The zero-order valence-electron chi connectivity index (χ0n) is 14.2. The Balaban J connectivity index is 1.92. The molecule has 0 amide bonds. The summed E-state index contributed by atoms with van der Waals surface area (Å²) in [7, 11) is 1.80. The van der Waals surface area contributed by atoms with Gasteiger partial charge in [0.2, 0.25) is 0 Å². The third kappa shape index (κ3) is 2.90. The Kier molecular flexibility index (Phi) is 4.77. The van der Waals surface area contributed by atoms with E-state index in [4.69, 9.17) is 10.5 Å². The molecular formula is C20H31NO. The molecule has 3 rings (SSSR count). The minimum atomic E-state index is 0.225. The first-order valence-electron chi connectivity index (χ1n) is 9.07. The van der Waals surface area contributed by atoms with Crippen molar-refractivity contribution in [2.45, 2.75) is 69.6 Å². The lowest BCUT2D eigenvalue weighted by Crippen LogP contribution is -2.32. The van der Waals surface area contributed by atoms with Gasteiger partial charge in [0, 0.05) is 12.0 Å². The van der Waals surface area contributed by atoms with E-state index in [1.54, 1.807) is 7.11 Å². The zero-order chi connectivity index (χ0) is 15.6. The van der Waals surface area contributed by atoms with Crippen molar-refractivity contribution in [2.75, 3.05) is 13.7 Å². The van der Waals surface area contributed by atoms with E-state index in [-0.39, 0.29) is 5.41 Å². The molecule has 2 aliphatic rings. The van der Waals surface area contributed by atoms with Gasteiger partial charge in [-0.2, -0.15) is 0 Å². The number of hydrogen-bond donors (Lipinski definition) is 1. The summed E-state index contributed by atoms with van der Waals surface area (Å²) in [4.78, 5) is 0. The summed E-state index contributed by atoms with van der Waals surface area (Å²) < 4.78 is 5.68. The van der Waals surface area contributed by atoms with Gasteiger partial charge in [-0.3, -0.25) is 0 Å². The fourth-order valence-corrected chi connectivity index (χ4v) is 4.62. The van der Waals surface area contributed by atoms with Crippen LogP contribution < -0.4 is 10.5 Å². The maximum Gasteiger partial charge on any atom is 0.122 e. The van der Waals surface area contributed by atoms with Crippen molar-refractivity contribution < 1.29 is 4.74 Å². The summed E-state index contributed by atoms with van der Waals surface area (Å²) in [6, 6.07) is 6.90. The van der Waals surface area contributed by atoms with E-state index >= 15 is 0 Å². The van der Waals surface area contributed by atoms with Crippen molar-refractivity contribution in [3.05, 3.63) is 29.3 Å². The van der Waals surface area contributed by atoms with Gasteiger partial charge in [-0.25, -0.2) is 0 Å². The van der Waals surface area contributed by atoms with E-state index in [0.717, 1.165) is 18.2 Å². The van der Waals surface area contributed by atoms with Crippen molar-refractivity contribution in [3.8, 4) is 5.75 Å². The van der Waals surface area contributed by atoms with Gasteiger partial charge in [-0.05, 0) is 54.7 Å². The standard InChI is InChI=1S/C20H31NO/c1-15-5-7-16(8-6-15)18-13-17(9-10-19(18)22-2)20(14-21)11-3-4-12-20/h9-10,13,15-16H,3-8,11-12,14,21H2,1-2H3. The van der Waals surface area contributed by atoms with Crippen molar-refractivity contribution in [3.63, 3.8) is 0 Å². The van der Waals surface area contributed by atoms with Crippen LogP contribution in [-0.2, 0) is 5.41 Å². The summed E-state index contributed by atoms with van der Waals surface area (Å²) in [6.07, 6.45) is 10.4. The lowest BCUT2D eigenvalue weighted by molar-refractivity contribution is 0.335. The first-order chi connectivity index (χ1) is 10.7. The first kappa shape index (κ1) is 15.9. The molecule has 2 heteroatoms. The lowest BCUT2D eigenvalue weighted by atomic mass is 9.75. The molecule has 2 nitrogen and oxygen atoms in total. The molecular weight excluding hydrogens is 270 g/mol. The summed E-state index contributed by atoms with van der Waals surface area (Å²) in [5, 5.41) is 0. The molecule has 0 heterocycles. The molecule has 22 heavy (non-hydrogen) atoms. The highest BCUT2D eigenvalue weighted by Gasteiger charge is 2.35. The second kappa shape index (κ2) is 6.62. The van der Waals surface area contributed by atoms with Gasteiger partial charge < -0.3 is 10.5 Å². The highest BCUT2D eigenvalue weighted by molar-refractivity contribution is 5.43. The van der Waals surface area contributed by atoms with Crippen LogP contribution in [0.4, 0.5) is 0 Å². The SMILES string of the molecule is COc1ccc(C2(CN)CCCC2)cc1C1CCC(C)CC1. The molecule has 2 fully saturated rings. The number of nitrogens with two attached hydrogens (primary N) is 1. The van der Waals surface area contributed by atoms with Crippen molar-refractivity contribution in [1.82, 2.24) is 0 Å². The Morgan fingerprint density at radius 2 is 1.82 bits per heavy atom. The van der Waals surface area contributed by atoms with Crippen LogP contribution in [0.3, 0.4) is 0 Å². The number of methoxy groups -OCH3 is 1. The van der Waals surface area contributed by atoms with Crippen LogP contribution in [0, 0.1) is 5.92 Å². The van der Waals surface area contributed by atoms with Crippen LogP contribution in [0.1, 0.15) is 75.3 Å². The maximum absolute atomic E-state index is 6.19. The van der Waals surface area contributed by atoms with Crippen molar-refractivity contribution in [1.29, 1.82) is 0 Å². The normalized spacial score (nSPS) is 27.8. The van der Waals surface area contributed by atoms with Crippen LogP contribution in [0.15, 0.2) is 18.2 Å². The summed E-state index contributed by atoms with van der Waals surface area (Å²) in [5.74, 6) is 2.63. The van der Waals surface area contributed by atoms with E-state index < -0.39 is 0 Å². The van der Waals surface area contributed by atoms with Gasteiger partial charge in [0.05, 0.1) is 7.11 Å². The fourth-order valence-electron chi connectivity index (χ4n) is 4.62. The predicted octanol–water partition coefficient (Wildman–Crippen LogP) is 4.76. The molecule has 0 bridgehead atoms. The highest BCUT2D eigenvalue weighted by atomic mass is 16.5. The Bertz CT molecular complexity index is 496. The van der Waals surface area contributed by atoms with E-state index in [2.05, 4.69) is 25.1 Å². The van der Waals surface area contributed by atoms with Crippen LogP contribution >= 0.6 is 0 Å². The largest absolute Gasteiger partial charge is 0.496 e. The smallest absolute Gasteiger partial charge is 0.122 e. The van der Waals surface area contributed by atoms with Gasteiger partial charge in [0.15, 0.2) is 0 Å². The predicted molar refractivity (Wildman–Crippen MR) is 92.6 cm³/mol. The number of hydrogen-bond acceptors (Lipinski definition) is 2. The first-order valence-corrected chi connectivity index (χ1v) is 9.07. The lowest BCUT2D eigenvalue weighted by Gasteiger charge is -2.32. The summed E-state index contributed by atoms with van der Waals surface area (Å²) in [6.45, 7) is 3.16. The molecule has 0 atom stereocenters. The maximum atomic E-state index is 6.19. The quantitative estimate of drug-likeness (QED) is 0.870. The molecule has 0 radical (unpaired) electrons. The average Bonchev–Trinajstić information content (AvgIpc) is 3.05. The van der Waals surface area contributed by atoms with Crippen LogP contribution in [0.5, 0.6) is 5.75 Å². The Labute approximate surface area is 135 Å². The molecule has 1 aromatic rings. The Morgan fingerprint density at radius 3 is 2.41 bits per heavy atom. The van der Waals surface area contributed by atoms with Gasteiger partial charge >= 0.3 is 0 Å². The molecule has 0 aromatic heterocycles. The van der Waals surface area contributed by atoms with E-state index in [9.17, 15) is 0 Å². The molecule has 0 spiro atoms. The number of ether oxygens (including phenoxy) is 1. The highest BCUT2D eigenvalue weighted by Crippen LogP contribution is 2.45. The van der Waals surface area contributed by atoms with Crippen molar-refractivity contribution in [2.24, 2.45) is 11.7 Å². The monoisotopic (exact) mass is 301 g/mol. The van der Waals surface area contributed by atoms with Crippen molar-refractivity contribution >= 4 is 0 Å². The third-order valence-electron chi connectivity index (χ3n) is 6.25. The molecule has 2 N–H and O–H groups in total. The zero-order valence-corrected chi connectivity index (χ0v) is 14.2. The minimum absolute atomic E-state index is 0.225. The van der Waals surface area contributed by atoms with E-state index in [1.165, 1.54) is 62.5 Å². The van der Waals surface area contributed by atoms with Crippen LogP contribution in [0.2, 0.25) is 0 Å². The average molecular weight is 301 g/mol. The third-order valence-corrected chi connectivity index (χ3v) is 6.25. The van der Waals surface area contributed by atoms with Crippen LogP contribution in [-0.4, -0.2) is 13.7 Å². The summed E-state index contributed by atoms with van der Waals surface area (Å²) >= 11 is 0. The fraction of sp³-hybridized carbons (Fsp3) is 0.700. The number of benzene rings is 1.